The number of fused-ring (bicyclic) bond motifs is 3. The maximum absolute atomic E-state index is 13.1. The number of hydrogen-bond acceptors (Lipinski definition) is 4. The molecule has 4 heteroatoms. The molecule has 0 unspecified atom stereocenters. The maximum Gasteiger partial charge on any atom is 0.173 e. The molecule has 118 valence electrons. The average molecular weight is 333 g/mol. The predicted octanol–water partition coefficient (Wildman–Crippen LogP) is 4.15. The van der Waals surface area contributed by atoms with E-state index in [0.717, 1.165) is 45.8 Å². The first-order valence-electron chi connectivity index (χ1n) is 8.27. The molecule has 0 radical (unpaired) electrons. The van der Waals surface area contributed by atoms with E-state index < -0.39 is 0 Å². The molecule has 2 heterocycles. The number of rotatable bonds is 1. The van der Waals surface area contributed by atoms with Crippen LogP contribution in [0, 0.1) is 5.92 Å². The molecule has 1 aliphatic heterocycles. The first kappa shape index (κ1) is 14.1. The first-order chi connectivity index (χ1) is 11.8. The maximum atomic E-state index is 13.1. The fourth-order valence-electron chi connectivity index (χ4n) is 4.22. The Hall–Kier alpha value is -2.33. The van der Waals surface area contributed by atoms with Crippen LogP contribution < -0.4 is 0 Å². The fourth-order valence-corrected chi connectivity index (χ4v) is 5.09. The van der Waals surface area contributed by atoms with Gasteiger partial charge in [-0.3, -0.25) is 14.6 Å². The van der Waals surface area contributed by atoms with Crippen LogP contribution >= 0.6 is 11.3 Å². The van der Waals surface area contributed by atoms with Gasteiger partial charge in [-0.1, -0.05) is 30.3 Å². The predicted molar refractivity (Wildman–Crippen MR) is 93.7 cm³/mol. The zero-order chi connectivity index (χ0) is 16.3. The summed E-state index contributed by atoms with van der Waals surface area (Å²) >= 11 is 1.62. The third-order valence-electron chi connectivity index (χ3n) is 5.22. The Kier molecular flexibility index (Phi) is 2.98. The van der Waals surface area contributed by atoms with Gasteiger partial charge >= 0.3 is 0 Å². The molecule has 0 bridgehead atoms. The molecule has 5 rings (SSSR count). The lowest BCUT2D eigenvalue weighted by molar-refractivity contribution is -0.116. The molecule has 1 aromatic heterocycles. The van der Waals surface area contributed by atoms with E-state index in [0.29, 0.717) is 6.42 Å². The fraction of sp³-hybridized carbons (Fsp3) is 0.250. The monoisotopic (exact) mass is 333 g/mol. The van der Waals surface area contributed by atoms with Crippen molar-refractivity contribution in [2.24, 2.45) is 10.9 Å². The van der Waals surface area contributed by atoms with E-state index in [4.69, 9.17) is 4.99 Å². The number of carbonyl (C=O) groups excluding carboxylic acids is 2. The van der Waals surface area contributed by atoms with Crippen LogP contribution in [0.3, 0.4) is 0 Å². The molecule has 2 atom stereocenters. The summed E-state index contributed by atoms with van der Waals surface area (Å²) in [6, 6.07) is 11.7. The third-order valence-corrected chi connectivity index (χ3v) is 6.18. The summed E-state index contributed by atoms with van der Waals surface area (Å²) in [5.41, 5.74) is 4.25. The number of allylic oxidation sites excluding steroid dienone is 2. The second-order valence-corrected chi connectivity index (χ2v) is 7.49. The van der Waals surface area contributed by atoms with E-state index in [1.54, 1.807) is 11.3 Å². The van der Waals surface area contributed by atoms with Crippen molar-refractivity contribution in [1.29, 1.82) is 0 Å². The average Bonchev–Trinajstić information content (AvgIpc) is 3.22. The molecule has 0 amide bonds. The van der Waals surface area contributed by atoms with Crippen molar-refractivity contribution >= 4 is 28.6 Å². The summed E-state index contributed by atoms with van der Waals surface area (Å²) in [7, 11) is 0. The Morgan fingerprint density at radius 3 is 2.58 bits per heavy atom. The van der Waals surface area contributed by atoms with Crippen LogP contribution in [-0.4, -0.2) is 17.3 Å². The van der Waals surface area contributed by atoms with Gasteiger partial charge in [-0.05, 0) is 24.3 Å². The Bertz CT molecular complexity index is 936. The minimum absolute atomic E-state index is 0.104. The smallest absolute Gasteiger partial charge is 0.173 e. The first-order valence-corrected chi connectivity index (χ1v) is 9.15. The summed E-state index contributed by atoms with van der Waals surface area (Å²) < 4.78 is 0. The van der Waals surface area contributed by atoms with E-state index in [1.165, 1.54) is 0 Å². The Morgan fingerprint density at radius 2 is 1.79 bits per heavy atom. The summed E-state index contributed by atoms with van der Waals surface area (Å²) in [6.07, 6.45) is 2.25. The number of carbonyl (C=O) groups is 2. The van der Waals surface area contributed by atoms with Gasteiger partial charge in [0.2, 0.25) is 0 Å². The van der Waals surface area contributed by atoms with E-state index in [2.05, 4.69) is 0 Å². The second kappa shape index (κ2) is 5.08. The lowest BCUT2D eigenvalue weighted by Crippen LogP contribution is -2.33. The lowest BCUT2D eigenvalue weighted by atomic mass is 9.74. The van der Waals surface area contributed by atoms with E-state index >= 15 is 0 Å². The molecule has 0 N–H and O–H groups in total. The zero-order valence-corrected chi connectivity index (χ0v) is 13.8. The van der Waals surface area contributed by atoms with Crippen molar-refractivity contribution in [3.8, 4) is 0 Å². The summed E-state index contributed by atoms with van der Waals surface area (Å²) in [6.45, 7) is 0. The normalized spacial score (nSPS) is 25.2. The highest BCUT2D eigenvalue weighted by Gasteiger charge is 2.48. The van der Waals surface area contributed by atoms with Crippen molar-refractivity contribution < 1.29 is 9.59 Å². The van der Waals surface area contributed by atoms with Crippen molar-refractivity contribution in [2.75, 3.05) is 0 Å². The van der Waals surface area contributed by atoms with Crippen molar-refractivity contribution in [3.63, 3.8) is 0 Å². The minimum Gasteiger partial charge on any atom is -0.294 e. The van der Waals surface area contributed by atoms with E-state index in [-0.39, 0.29) is 23.4 Å². The van der Waals surface area contributed by atoms with Crippen LogP contribution in [0.4, 0.5) is 0 Å². The topological polar surface area (TPSA) is 46.5 Å². The van der Waals surface area contributed by atoms with E-state index in [1.807, 2.05) is 41.8 Å². The number of ketones is 2. The van der Waals surface area contributed by atoms with Crippen molar-refractivity contribution in [3.05, 3.63) is 69.1 Å². The van der Waals surface area contributed by atoms with E-state index in [9.17, 15) is 9.59 Å². The standard InChI is InChI=1S/C20H15NO2S/c22-14-8-3-7-13-16(14)17(15-9-4-10-24-15)18-19(21-13)11-5-1-2-6-12(11)20(18)23/h1-2,4-6,9-10,17-18H,3,7-8H2/t17-,18+/m1/s1. The highest BCUT2D eigenvalue weighted by molar-refractivity contribution is 7.10. The second-order valence-electron chi connectivity index (χ2n) is 6.51. The van der Waals surface area contributed by atoms with Crippen LogP contribution in [0.2, 0.25) is 0 Å². The molecule has 3 aliphatic rings. The molecule has 1 aromatic carbocycles. The van der Waals surface area contributed by atoms with Crippen molar-refractivity contribution in [1.82, 2.24) is 0 Å². The van der Waals surface area contributed by atoms with Gasteiger partial charge in [-0.25, -0.2) is 0 Å². The molecule has 24 heavy (non-hydrogen) atoms. The van der Waals surface area contributed by atoms with Crippen LogP contribution in [0.25, 0.3) is 0 Å². The number of aliphatic imine (C=N–C) groups is 1. The number of nitrogens with zero attached hydrogens (tertiary/aromatic N) is 1. The minimum atomic E-state index is -0.346. The Balaban J connectivity index is 1.78. The Morgan fingerprint density at radius 1 is 0.958 bits per heavy atom. The van der Waals surface area contributed by atoms with Gasteiger partial charge in [0.1, 0.15) is 0 Å². The van der Waals surface area contributed by atoms with Gasteiger partial charge in [-0.15, -0.1) is 11.3 Å². The molecule has 3 nitrogen and oxygen atoms in total. The quantitative estimate of drug-likeness (QED) is 0.787. The Labute approximate surface area is 143 Å². The third kappa shape index (κ3) is 1.80. The molecule has 2 aliphatic carbocycles. The number of thiophene rings is 1. The van der Waals surface area contributed by atoms with Gasteiger partial charge in [0.15, 0.2) is 11.6 Å². The van der Waals surface area contributed by atoms with Crippen LogP contribution in [0.1, 0.15) is 46.0 Å². The summed E-state index contributed by atoms with van der Waals surface area (Å²) in [5, 5.41) is 2.01. The van der Waals surface area contributed by atoms with Crippen molar-refractivity contribution in [2.45, 2.75) is 25.2 Å². The van der Waals surface area contributed by atoms with Crippen LogP contribution in [0.15, 0.2) is 58.0 Å². The molecular weight excluding hydrogens is 318 g/mol. The van der Waals surface area contributed by atoms with Gasteiger partial charge in [0, 0.05) is 39.6 Å². The number of hydrogen-bond donors (Lipinski definition) is 0. The summed E-state index contributed by atoms with van der Waals surface area (Å²) in [5.74, 6) is -0.240. The zero-order valence-electron chi connectivity index (χ0n) is 13.0. The molecule has 0 saturated carbocycles. The molecule has 0 fully saturated rings. The SMILES string of the molecule is O=C1CCCC2=C1[C@@H](c1cccs1)[C@@H]1C(=O)c3ccccc3C1=N2. The lowest BCUT2D eigenvalue weighted by Gasteiger charge is -2.32. The molecular formula is C20H15NO2S. The summed E-state index contributed by atoms with van der Waals surface area (Å²) in [4.78, 5) is 31.7. The largest absolute Gasteiger partial charge is 0.294 e. The van der Waals surface area contributed by atoms with Gasteiger partial charge in [-0.2, -0.15) is 0 Å². The van der Waals surface area contributed by atoms with Gasteiger partial charge in [0.25, 0.3) is 0 Å². The van der Waals surface area contributed by atoms with Gasteiger partial charge in [0.05, 0.1) is 11.6 Å². The highest BCUT2D eigenvalue weighted by atomic mass is 32.1. The molecule has 0 saturated heterocycles. The molecule has 0 spiro atoms. The number of benzene rings is 1. The van der Waals surface area contributed by atoms with Crippen LogP contribution in [-0.2, 0) is 4.79 Å². The molecule has 2 aromatic rings. The van der Waals surface area contributed by atoms with Crippen LogP contribution in [0.5, 0.6) is 0 Å². The number of Topliss-reactive ketones (excluding diaryl/α,β-unsaturated/α-hetero) is 2. The highest BCUT2D eigenvalue weighted by Crippen LogP contribution is 2.49. The van der Waals surface area contributed by atoms with Gasteiger partial charge < -0.3 is 0 Å².